The van der Waals surface area contributed by atoms with Crippen LogP contribution in [0.4, 0.5) is 0 Å². The van der Waals surface area contributed by atoms with E-state index in [1.165, 1.54) is 12.7 Å². The van der Waals surface area contributed by atoms with Crippen LogP contribution in [0.15, 0.2) is 59.0 Å². The number of methoxy groups -OCH3 is 1. The first-order chi connectivity index (χ1) is 11.5. The summed E-state index contributed by atoms with van der Waals surface area (Å²) in [5.74, 6) is 1.06. The van der Waals surface area contributed by atoms with E-state index in [0.29, 0.717) is 29.4 Å². The Kier molecular flexibility index (Phi) is 6.32. The van der Waals surface area contributed by atoms with E-state index in [2.05, 4.69) is 12.6 Å². The van der Waals surface area contributed by atoms with Crippen LogP contribution in [0, 0.1) is 0 Å². The summed E-state index contributed by atoms with van der Waals surface area (Å²) in [6, 6.07) is 11.8. The summed E-state index contributed by atoms with van der Waals surface area (Å²) < 4.78 is 16.3. The van der Waals surface area contributed by atoms with Crippen LogP contribution in [0.3, 0.4) is 0 Å². The van der Waals surface area contributed by atoms with Crippen molar-refractivity contribution in [3.05, 3.63) is 59.7 Å². The molecule has 0 aliphatic rings. The van der Waals surface area contributed by atoms with Crippen LogP contribution in [-0.2, 0) is 0 Å². The molecule has 0 atom stereocenters. The molecule has 0 bridgehead atoms. The third-order valence-corrected chi connectivity index (χ3v) is 3.48. The van der Waals surface area contributed by atoms with Crippen molar-refractivity contribution in [3.8, 4) is 17.2 Å². The summed E-state index contributed by atoms with van der Waals surface area (Å²) in [7, 11) is 1.53. The third-order valence-electron chi connectivity index (χ3n) is 3.18. The Bertz CT molecular complexity index is 732. The second-order valence-electron chi connectivity index (χ2n) is 5.34. The van der Waals surface area contributed by atoms with Crippen molar-refractivity contribution >= 4 is 18.6 Å². The van der Waals surface area contributed by atoms with E-state index in [1.54, 1.807) is 42.5 Å². The lowest BCUT2D eigenvalue weighted by Gasteiger charge is -2.11. The van der Waals surface area contributed by atoms with E-state index in [0.717, 1.165) is 4.90 Å². The number of hydrogen-bond donors (Lipinski definition) is 1. The number of carbonyl (C=O) groups is 1. The second kappa shape index (κ2) is 8.45. The highest BCUT2D eigenvalue weighted by molar-refractivity contribution is 7.80. The summed E-state index contributed by atoms with van der Waals surface area (Å²) in [5, 5.41) is 0. The van der Waals surface area contributed by atoms with Gasteiger partial charge in [-0.25, -0.2) is 4.79 Å². The van der Waals surface area contributed by atoms with E-state index in [4.69, 9.17) is 14.2 Å². The maximum atomic E-state index is 12.2. The normalized spacial score (nSPS) is 10.0. The number of allylic oxidation sites excluding steroid dienone is 1. The molecule has 0 N–H and O–H groups in total. The van der Waals surface area contributed by atoms with E-state index >= 15 is 0 Å². The van der Waals surface area contributed by atoms with E-state index < -0.39 is 5.97 Å². The number of rotatable bonds is 6. The van der Waals surface area contributed by atoms with Gasteiger partial charge in [0.05, 0.1) is 12.7 Å². The number of benzene rings is 2. The molecule has 5 heteroatoms. The highest BCUT2D eigenvalue weighted by Crippen LogP contribution is 2.28. The number of ether oxygens (including phenoxy) is 3. The molecule has 126 valence electrons. The Hall–Kier alpha value is -2.40. The molecule has 0 heterocycles. The van der Waals surface area contributed by atoms with E-state index in [-0.39, 0.29) is 0 Å². The quantitative estimate of drug-likeness (QED) is 0.361. The van der Waals surface area contributed by atoms with Gasteiger partial charge in [0.1, 0.15) is 12.4 Å². The van der Waals surface area contributed by atoms with Gasteiger partial charge in [0.15, 0.2) is 11.5 Å². The molecule has 2 aromatic rings. The molecule has 24 heavy (non-hydrogen) atoms. The fraction of sp³-hybridized carbons (Fsp3) is 0.211. The molecule has 0 aliphatic carbocycles. The van der Waals surface area contributed by atoms with Gasteiger partial charge >= 0.3 is 5.97 Å². The fourth-order valence-corrected chi connectivity index (χ4v) is 2.04. The molecule has 0 unspecified atom stereocenters. The monoisotopic (exact) mass is 344 g/mol. The van der Waals surface area contributed by atoms with Gasteiger partial charge in [-0.15, -0.1) is 12.6 Å². The fourth-order valence-electron chi connectivity index (χ4n) is 1.89. The van der Waals surface area contributed by atoms with E-state index in [1.807, 2.05) is 19.9 Å². The van der Waals surface area contributed by atoms with Gasteiger partial charge in [-0.3, -0.25) is 0 Å². The van der Waals surface area contributed by atoms with Crippen molar-refractivity contribution in [2.24, 2.45) is 0 Å². The highest BCUT2D eigenvalue weighted by atomic mass is 32.1. The Labute approximate surface area is 147 Å². The molecule has 0 saturated carbocycles. The Morgan fingerprint density at radius 2 is 1.79 bits per heavy atom. The van der Waals surface area contributed by atoms with Crippen LogP contribution in [0.25, 0.3) is 0 Å². The molecule has 2 aromatic carbocycles. The third kappa shape index (κ3) is 5.06. The predicted molar refractivity (Wildman–Crippen MR) is 96.6 cm³/mol. The van der Waals surface area contributed by atoms with Gasteiger partial charge in [-0.1, -0.05) is 5.57 Å². The van der Waals surface area contributed by atoms with Crippen molar-refractivity contribution in [2.45, 2.75) is 18.7 Å². The molecule has 4 nitrogen and oxygen atoms in total. The van der Waals surface area contributed by atoms with E-state index in [9.17, 15) is 4.79 Å². The van der Waals surface area contributed by atoms with Crippen molar-refractivity contribution < 1.29 is 19.0 Å². The maximum absolute atomic E-state index is 12.2. The zero-order chi connectivity index (χ0) is 17.5. The minimum Gasteiger partial charge on any atom is -0.493 e. The standard InChI is InChI=1S/C19H20O4S/c1-13(2)10-11-22-17-9-4-14(12-18(17)21-3)19(20)23-15-5-7-16(24)8-6-15/h4-10,12,24H,11H2,1-3H3. The zero-order valence-electron chi connectivity index (χ0n) is 13.9. The van der Waals surface area contributed by atoms with Gasteiger partial charge < -0.3 is 14.2 Å². The molecule has 2 rings (SSSR count). The summed E-state index contributed by atoms with van der Waals surface area (Å²) in [4.78, 5) is 13.0. The number of carbonyl (C=O) groups excluding carboxylic acids is 1. The molecule has 0 spiro atoms. The molecule has 0 saturated heterocycles. The maximum Gasteiger partial charge on any atom is 0.343 e. The van der Waals surface area contributed by atoms with Gasteiger partial charge in [0.2, 0.25) is 0 Å². The lowest BCUT2D eigenvalue weighted by Crippen LogP contribution is -2.09. The molecule has 0 fully saturated rings. The average Bonchev–Trinajstić information content (AvgIpc) is 2.56. The summed E-state index contributed by atoms with van der Waals surface area (Å²) in [6.07, 6.45) is 1.97. The van der Waals surface area contributed by atoms with Gasteiger partial charge in [0.25, 0.3) is 0 Å². The largest absolute Gasteiger partial charge is 0.493 e. The zero-order valence-corrected chi connectivity index (χ0v) is 14.8. The smallest absolute Gasteiger partial charge is 0.343 e. The topological polar surface area (TPSA) is 44.8 Å². The molecule has 0 aliphatic heterocycles. The summed E-state index contributed by atoms with van der Waals surface area (Å²) in [6.45, 7) is 4.44. The number of hydrogen-bond acceptors (Lipinski definition) is 5. The summed E-state index contributed by atoms with van der Waals surface area (Å²) >= 11 is 4.19. The lowest BCUT2D eigenvalue weighted by molar-refractivity contribution is 0.0734. The predicted octanol–water partition coefficient (Wildman–Crippen LogP) is 4.55. The van der Waals surface area contributed by atoms with Gasteiger partial charge in [-0.2, -0.15) is 0 Å². The van der Waals surface area contributed by atoms with Crippen LogP contribution >= 0.6 is 12.6 Å². The SMILES string of the molecule is COc1cc(C(=O)Oc2ccc(S)cc2)ccc1OCC=C(C)C. The first-order valence-corrected chi connectivity index (χ1v) is 7.89. The van der Waals surface area contributed by atoms with Crippen molar-refractivity contribution in [3.63, 3.8) is 0 Å². The molecular formula is C19H20O4S. The van der Waals surface area contributed by atoms with Crippen molar-refractivity contribution in [1.82, 2.24) is 0 Å². The number of esters is 1. The van der Waals surface area contributed by atoms with Crippen LogP contribution in [0.2, 0.25) is 0 Å². The Morgan fingerprint density at radius 3 is 2.42 bits per heavy atom. The molecule has 0 aromatic heterocycles. The van der Waals surface area contributed by atoms with Crippen LogP contribution in [0.5, 0.6) is 17.2 Å². The average molecular weight is 344 g/mol. The van der Waals surface area contributed by atoms with Crippen LogP contribution in [0.1, 0.15) is 24.2 Å². The van der Waals surface area contributed by atoms with Crippen molar-refractivity contribution in [1.29, 1.82) is 0 Å². The highest BCUT2D eigenvalue weighted by Gasteiger charge is 2.13. The minimum atomic E-state index is -0.462. The molecular weight excluding hydrogens is 324 g/mol. The second-order valence-corrected chi connectivity index (χ2v) is 5.86. The Morgan fingerprint density at radius 1 is 1.08 bits per heavy atom. The first-order valence-electron chi connectivity index (χ1n) is 7.45. The van der Waals surface area contributed by atoms with Crippen molar-refractivity contribution in [2.75, 3.05) is 13.7 Å². The van der Waals surface area contributed by atoms with Gasteiger partial charge in [0, 0.05) is 4.90 Å². The van der Waals surface area contributed by atoms with Crippen LogP contribution < -0.4 is 14.2 Å². The minimum absolute atomic E-state index is 0.386. The van der Waals surface area contributed by atoms with Crippen LogP contribution in [-0.4, -0.2) is 19.7 Å². The lowest BCUT2D eigenvalue weighted by atomic mass is 10.2. The Balaban J connectivity index is 2.11. The first kappa shape index (κ1) is 17.9. The number of thiol groups is 1. The molecule has 0 amide bonds. The van der Waals surface area contributed by atoms with Gasteiger partial charge in [-0.05, 0) is 62.4 Å². The summed E-state index contributed by atoms with van der Waals surface area (Å²) in [5.41, 5.74) is 1.55. The molecule has 0 radical (unpaired) electrons.